The van der Waals surface area contributed by atoms with Gasteiger partial charge in [-0.3, -0.25) is 4.79 Å². The summed E-state index contributed by atoms with van der Waals surface area (Å²) in [6.45, 7) is 1.71. The van der Waals surface area contributed by atoms with Crippen molar-refractivity contribution in [1.82, 2.24) is 5.43 Å². The summed E-state index contributed by atoms with van der Waals surface area (Å²) in [7, 11) is 0. The minimum atomic E-state index is -1.88. The van der Waals surface area contributed by atoms with Gasteiger partial charge in [0.2, 0.25) is 0 Å². The van der Waals surface area contributed by atoms with E-state index in [4.69, 9.17) is 0 Å². The molecule has 3 aromatic rings. The topological polar surface area (TPSA) is 81.9 Å². The third-order valence-corrected chi connectivity index (χ3v) is 4.30. The normalized spacial score (nSPS) is 11.9. The fourth-order valence-electron chi connectivity index (χ4n) is 2.80. The Balaban J connectivity index is 1.94. The Morgan fingerprint density at radius 3 is 1.96 bits per heavy atom. The number of carbonyl (C=O) groups is 1. The Morgan fingerprint density at radius 2 is 1.44 bits per heavy atom. The smallest absolute Gasteiger partial charge is 0.281 e. The van der Waals surface area contributed by atoms with Crippen LogP contribution < -0.4 is 5.43 Å². The Hall–Kier alpha value is -3.44. The quantitative estimate of drug-likeness (QED) is 0.483. The maximum absolute atomic E-state index is 13.0. The molecule has 0 aromatic heterocycles. The van der Waals surface area contributed by atoms with Gasteiger partial charge in [-0.2, -0.15) is 5.10 Å². The summed E-state index contributed by atoms with van der Waals surface area (Å²) in [5, 5.41) is 25.0. The van der Waals surface area contributed by atoms with Gasteiger partial charge in [-0.1, -0.05) is 72.8 Å². The molecule has 1 amide bonds. The number of nitrogens with one attached hydrogen (secondary N) is 1. The van der Waals surface area contributed by atoms with Gasteiger partial charge < -0.3 is 10.2 Å². The third-order valence-electron chi connectivity index (χ3n) is 4.30. The van der Waals surface area contributed by atoms with Crippen LogP contribution in [0.2, 0.25) is 0 Å². The van der Waals surface area contributed by atoms with Gasteiger partial charge in [0.1, 0.15) is 5.75 Å². The number of amides is 1. The van der Waals surface area contributed by atoms with Crippen LogP contribution in [0.25, 0.3) is 0 Å². The SMILES string of the molecule is C/C(=N\NC(=O)C(O)(c1ccccc1)c1ccccc1)c1cccc(O)c1. The highest BCUT2D eigenvalue weighted by atomic mass is 16.3. The first-order chi connectivity index (χ1) is 13.0. The van der Waals surface area contributed by atoms with Gasteiger partial charge in [-0.25, -0.2) is 5.43 Å². The van der Waals surface area contributed by atoms with Gasteiger partial charge in [0.25, 0.3) is 5.91 Å². The van der Waals surface area contributed by atoms with E-state index in [1.807, 2.05) is 12.1 Å². The average molecular weight is 360 g/mol. The fourth-order valence-corrected chi connectivity index (χ4v) is 2.80. The third kappa shape index (κ3) is 3.88. The van der Waals surface area contributed by atoms with Crippen molar-refractivity contribution in [1.29, 1.82) is 0 Å². The lowest BCUT2D eigenvalue weighted by Crippen LogP contribution is -2.43. The van der Waals surface area contributed by atoms with Crippen LogP contribution in [-0.2, 0) is 10.4 Å². The van der Waals surface area contributed by atoms with Gasteiger partial charge in [-0.05, 0) is 30.2 Å². The standard InChI is InChI=1S/C22H20N2O3/c1-16(17-9-8-14-20(25)15-17)23-24-21(26)22(27,18-10-4-2-5-11-18)19-12-6-3-7-13-19/h2-15,25,27H,1H3,(H,24,26)/b23-16+. The van der Waals surface area contributed by atoms with E-state index in [2.05, 4.69) is 10.5 Å². The predicted octanol–water partition coefficient (Wildman–Crippen LogP) is 3.17. The van der Waals surface area contributed by atoms with Crippen LogP contribution in [0.1, 0.15) is 23.6 Å². The van der Waals surface area contributed by atoms with E-state index in [1.165, 1.54) is 0 Å². The molecule has 0 radical (unpaired) electrons. The number of hydrazone groups is 1. The molecular weight excluding hydrogens is 340 g/mol. The molecule has 5 nitrogen and oxygen atoms in total. The highest BCUT2D eigenvalue weighted by Crippen LogP contribution is 2.29. The van der Waals surface area contributed by atoms with E-state index in [9.17, 15) is 15.0 Å². The number of carbonyl (C=O) groups excluding carboxylic acids is 1. The number of aromatic hydroxyl groups is 1. The number of nitrogens with zero attached hydrogens (tertiary/aromatic N) is 1. The number of aliphatic hydroxyl groups is 1. The Bertz CT molecular complexity index is 914. The Morgan fingerprint density at radius 1 is 0.889 bits per heavy atom. The zero-order valence-electron chi connectivity index (χ0n) is 14.8. The van der Waals surface area contributed by atoms with Crippen LogP contribution in [0.5, 0.6) is 5.75 Å². The summed E-state index contributed by atoms with van der Waals surface area (Å²) in [6.07, 6.45) is 0. The molecule has 0 unspecified atom stereocenters. The lowest BCUT2D eigenvalue weighted by molar-refractivity contribution is -0.136. The highest BCUT2D eigenvalue weighted by molar-refractivity contribution is 6.00. The maximum Gasteiger partial charge on any atom is 0.281 e. The van der Waals surface area contributed by atoms with Gasteiger partial charge in [0, 0.05) is 5.56 Å². The molecule has 3 rings (SSSR count). The number of hydrogen-bond donors (Lipinski definition) is 3. The molecular formula is C22H20N2O3. The van der Waals surface area contributed by atoms with Crippen molar-refractivity contribution in [2.24, 2.45) is 5.10 Å². The molecule has 0 aliphatic carbocycles. The van der Waals surface area contributed by atoms with Crippen molar-refractivity contribution < 1.29 is 15.0 Å². The molecule has 0 atom stereocenters. The minimum absolute atomic E-state index is 0.110. The second-order valence-electron chi connectivity index (χ2n) is 6.13. The van der Waals surface area contributed by atoms with E-state index >= 15 is 0 Å². The molecule has 0 spiro atoms. The first-order valence-corrected chi connectivity index (χ1v) is 8.49. The zero-order valence-corrected chi connectivity index (χ0v) is 14.8. The largest absolute Gasteiger partial charge is 0.508 e. The van der Waals surface area contributed by atoms with Crippen LogP contribution in [0.15, 0.2) is 90.0 Å². The summed E-state index contributed by atoms with van der Waals surface area (Å²) >= 11 is 0. The van der Waals surface area contributed by atoms with Crippen molar-refractivity contribution in [3.8, 4) is 5.75 Å². The maximum atomic E-state index is 13.0. The lowest BCUT2D eigenvalue weighted by atomic mass is 9.85. The molecule has 27 heavy (non-hydrogen) atoms. The highest BCUT2D eigenvalue weighted by Gasteiger charge is 2.39. The predicted molar refractivity (Wildman–Crippen MR) is 104 cm³/mol. The van der Waals surface area contributed by atoms with Crippen LogP contribution >= 0.6 is 0 Å². The molecule has 0 aliphatic heterocycles. The number of phenols is 1. The second kappa shape index (κ2) is 7.85. The Labute approximate surface area is 157 Å². The van der Waals surface area contributed by atoms with Crippen LogP contribution in [0, 0.1) is 0 Å². The first-order valence-electron chi connectivity index (χ1n) is 8.49. The van der Waals surface area contributed by atoms with E-state index in [1.54, 1.807) is 79.7 Å². The van der Waals surface area contributed by atoms with Crippen molar-refractivity contribution in [3.63, 3.8) is 0 Å². The molecule has 0 heterocycles. The van der Waals surface area contributed by atoms with E-state index in [0.717, 1.165) is 0 Å². The first kappa shape index (κ1) is 18.4. The van der Waals surface area contributed by atoms with E-state index in [-0.39, 0.29) is 5.75 Å². The second-order valence-corrected chi connectivity index (χ2v) is 6.13. The summed E-state index contributed by atoms with van der Waals surface area (Å²) in [6, 6.07) is 24.0. The molecule has 3 aromatic carbocycles. The number of benzene rings is 3. The van der Waals surface area contributed by atoms with Crippen LogP contribution in [0.4, 0.5) is 0 Å². The van der Waals surface area contributed by atoms with Crippen molar-refractivity contribution in [2.75, 3.05) is 0 Å². The molecule has 136 valence electrons. The van der Waals surface area contributed by atoms with Gasteiger partial charge in [0.05, 0.1) is 5.71 Å². The average Bonchev–Trinajstić information content (AvgIpc) is 2.72. The monoisotopic (exact) mass is 360 g/mol. The number of phenolic OH excluding ortho intramolecular Hbond substituents is 1. The van der Waals surface area contributed by atoms with Gasteiger partial charge in [-0.15, -0.1) is 0 Å². The van der Waals surface area contributed by atoms with Crippen LogP contribution in [0.3, 0.4) is 0 Å². The molecule has 0 saturated heterocycles. The van der Waals surface area contributed by atoms with Crippen molar-refractivity contribution in [3.05, 3.63) is 102 Å². The Kier molecular flexibility index (Phi) is 5.33. The summed E-state index contributed by atoms with van der Waals surface area (Å²) < 4.78 is 0. The molecule has 0 fully saturated rings. The zero-order chi connectivity index (χ0) is 19.3. The lowest BCUT2D eigenvalue weighted by Gasteiger charge is -2.27. The molecule has 3 N–H and O–H groups in total. The number of rotatable bonds is 5. The summed E-state index contributed by atoms with van der Waals surface area (Å²) in [5.41, 5.74) is 2.63. The minimum Gasteiger partial charge on any atom is -0.508 e. The van der Waals surface area contributed by atoms with E-state index in [0.29, 0.717) is 22.4 Å². The van der Waals surface area contributed by atoms with Gasteiger partial charge in [0.15, 0.2) is 5.60 Å². The molecule has 5 heteroatoms. The van der Waals surface area contributed by atoms with Crippen LogP contribution in [-0.4, -0.2) is 21.8 Å². The van der Waals surface area contributed by atoms with Crippen molar-refractivity contribution in [2.45, 2.75) is 12.5 Å². The molecule has 0 bridgehead atoms. The summed E-state index contributed by atoms with van der Waals surface area (Å²) in [5.74, 6) is -0.558. The molecule has 0 saturated carbocycles. The number of hydrogen-bond acceptors (Lipinski definition) is 4. The van der Waals surface area contributed by atoms with Gasteiger partial charge >= 0.3 is 0 Å². The molecule has 0 aliphatic rings. The fraction of sp³-hybridized carbons (Fsp3) is 0.0909. The summed E-state index contributed by atoms with van der Waals surface area (Å²) in [4.78, 5) is 13.0. The van der Waals surface area contributed by atoms with E-state index < -0.39 is 11.5 Å². The van der Waals surface area contributed by atoms with Crippen molar-refractivity contribution >= 4 is 11.6 Å².